The highest BCUT2D eigenvalue weighted by Crippen LogP contribution is 2.20. The number of carboxylic acid groups (broad SMARTS) is 1. The van der Waals surface area contributed by atoms with E-state index in [2.05, 4.69) is 10.2 Å². The lowest BCUT2D eigenvalue weighted by Gasteiger charge is -2.41. The topological polar surface area (TPSA) is 52.6 Å². The van der Waals surface area contributed by atoms with Crippen molar-refractivity contribution in [1.29, 1.82) is 0 Å². The summed E-state index contributed by atoms with van der Waals surface area (Å²) < 4.78 is 0. The minimum Gasteiger partial charge on any atom is -0.481 e. The zero-order valence-corrected chi connectivity index (χ0v) is 7.70. The number of hydrogen-bond acceptors (Lipinski definition) is 3. The molecule has 0 aliphatic carbocycles. The van der Waals surface area contributed by atoms with E-state index in [9.17, 15) is 4.79 Å². The van der Waals surface area contributed by atoms with Crippen molar-refractivity contribution >= 4 is 5.97 Å². The Hall–Kier alpha value is -0.610. The van der Waals surface area contributed by atoms with Crippen molar-refractivity contribution < 1.29 is 9.90 Å². The van der Waals surface area contributed by atoms with Crippen molar-refractivity contribution in [1.82, 2.24) is 10.2 Å². The summed E-state index contributed by atoms with van der Waals surface area (Å²) >= 11 is 0. The van der Waals surface area contributed by atoms with E-state index in [1.165, 1.54) is 6.42 Å². The molecule has 2 rings (SSSR count). The van der Waals surface area contributed by atoms with Gasteiger partial charge >= 0.3 is 5.97 Å². The summed E-state index contributed by atoms with van der Waals surface area (Å²) in [6, 6.07) is 0.462. The number of likely N-dealkylation sites (tertiary alicyclic amines) is 1. The maximum absolute atomic E-state index is 10.8. The van der Waals surface area contributed by atoms with Crippen molar-refractivity contribution in [2.24, 2.45) is 5.92 Å². The van der Waals surface area contributed by atoms with E-state index in [0.717, 1.165) is 26.1 Å². The van der Waals surface area contributed by atoms with E-state index >= 15 is 0 Å². The highest BCUT2D eigenvalue weighted by atomic mass is 16.4. The molecule has 2 atom stereocenters. The van der Waals surface area contributed by atoms with Crippen LogP contribution in [0, 0.1) is 5.92 Å². The molecule has 0 bridgehead atoms. The second kappa shape index (κ2) is 3.64. The van der Waals surface area contributed by atoms with Gasteiger partial charge in [-0.15, -0.1) is 0 Å². The molecule has 0 aromatic carbocycles. The van der Waals surface area contributed by atoms with Crippen LogP contribution in [0.4, 0.5) is 0 Å². The summed E-state index contributed by atoms with van der Waals surface area (Å²) in [7, 11) is 0. The zero-order chi connectivity index (χ0) is 9.26. The number of hydrogen-bond donors (Lipinski definition) is 2. The van der Waals surface area contributed by atoms with Gasteiger partial charge in [0.25, 0.3) is 0 Å². The number of rotatable bonds is 2. The van der Waals surface area contributed by atoms with Gasteiger partial charge in [0, 0.05) is 19.1 Å². The molecule has 0 aromatic heterocycles. The van der Waals surface area contributed by atoms with E-state index in [1.54, 1.807) is 0 Å². The van der Waals surface area contributed by atoms with Gasteiger partial charge < -0.3 is 10.4 Å². The minimum absolute atomic E-state index is 0.181. The normalized spacial score (nSPS) is 35.4. The Bertz CT molecular complexity index is 204. The molecule has 0 aromatic rings. The first-order chi connectivity index (χ1) is 6.27. The Labute approximate surface area is 77.9 Å². The average Bonchev–Trinajstić information content (AvgIpc) is 2.01. The van der Waals surface area contributed by atoms with Crippen LogP contribution >= 0.6 is 0 Å². The number of nitrogens with one attached hydrogen (secondary N) is 1. The quantitative estimate of drug-likeness (QED) is 0.621. The van der Waals surface area contributed by atoms with Crippen LogP contribution in [0.2, 0.25) is 0 Å². The van der Waals surface area contributed by atoms with Gasteiger partial charge in [0.2, 0.25) is 0 Å². The van der Waals surface area contributed by atoms with Gasteiger partial charge in [0.15, 0.2) is 0 Å². The lowest BCUT2D eigenvalue weighted by atomic mass is 9.93. The molecule has 4 heteroatoms. The van der Waals surface area contributed by atoms with Gasteiger partial charge in [-0.1, -0.05) is 0 Å². The molecule has 74 valence electrons. The van der Waals surface area contributed by atoms with Crippen molar-refractivity contribution in [3.8, 4) is 0 Å². The summed E-state index contributed by atoms with van der Waals surface area (Å²) in [4.78, 5) is 13.1. The van der Waals surface area contributed by atoms with Crippen LogP contribution in [-0.4, -0.2) is 48.2 Å². The fourth-order valence-corrected chi connectivity index (χ4v) is 2.09. The zero-order valence-electron chi connectivity index (χ0n) is 7.70. The van der Waals surface area contributed by atoms with Crippen molar-refractivity contribution in [3.63, 3.8) is 0 Å². The van der Waals surface area contributed by atoms with Gasteiger partial charge in [0.1, 0.15) is 0 Å². The lowest BCUT2D eigenvalue weighted by molar-refractivity contribution is -0.143. The predicted octanol–water partition coefficient (Wildman–Crippen LogP) is -0.245. The van der Waals surface area contributed by atoms with E-state index in [4.69, 9.17) is 5.11 Å². The fraction of sp³-hybridized carbons (Fsp3) is 0.889. The molecule has 2 aliphatic rings. The molecule has 4 nitrogen and oxygen atoms in total. The summed E-state index contributed by atoms with van der Waals surface area (Å²) in [5.74, 6) is -0.836. The molecule has 0 spiro atoms. The van der Waals surface area contributed by atoms with Gasteiger partial charge in [-0.25, -0.2) is 0 Å². The van der Waals surface area contributed by atoms with Crippen LogP contribution in [0.3, 0.4) is 0 Å². The molecule has 2 aliphatic heterocycles. The summed E-state index contributed by atoms with van der Waals surface area (Å²) in [5, 5.41) is 12.1. The van der Waals surface area contributed by atoms with Crippen LogP contribution in [-0.2, 0) is 4.79 Å². The van der Waals surface area contributed by atoms with E-state index in [0.29, 0.717) is 12.6 Å². The molecule has 2 fully saturated rings. The second-order valence-corrected chi connectivity index (χ2v) is 3.97. The smallest absolute Gasteiger partial charge is 0.307 e. The largest absolute Gasteiger partial charge is 0.481 e. The van der Waals surface area contributed by atoms with Crippen LogP contribution < -0.4 is 5.32 Å². The van der Waals surface area contributed by atoms with Crippen LogP contribution in [0.25, 0.3) is 0 Å². The third kappa shape index (κ3) is 1.84. The van der Waals surface area contributed by atoms with Crippen molar-refractivity contribution in [3.05, 3.63) is 0 Å². The number of carbonyl (C=O) groups is 1. The summed E-state index contributed by atoms with van der Waals surface area (Å²) in [6.45, 7) is 3.90. The van der Waals surface area contributed by atoms with Crippen molar-refractivity contribution in [2.75, 3.05) is 26.2 Å². The molecule has 2 saturated heterocycles. The van der Waals surface area contributed by atoms with E-state index in [-0.39, 0.29) is 5.92 Å². The Kier molecular flexibility index (Phi) is 2.51. The molecule has 0 unspecified atom stereocenters. The molecule has 0 amide bonds. The molecule has 2 N–H and O–H groups in total. The predicted molar refractivity (Wildman–Crippen MR) is 48.6 cm³/mol. The lowest BCUT2D eigenvalue weighted by Crippen LogP contribution is -2.54. The summed E-state index contributed by atoms with van der Waals surface area (Å²) in [6.07, 6.45) is 2.09. The third-order valence-electron chi connectivity index (χ3n) is 3.08. The number of nitrogens with zero attached hydrogens (tertiary/aromatic N) is 1. The summed E-state index contributed by atoms with van der Waals surface area (Å²) in [5.41, 5.74) is 0. The second-order valence-electron chi connectivity index (χ2n) is 3.97. The Balaban J connectivity index is 1.87. The highest BCUT2D eigenvalue weighted by molar-refractivity contribution is 5.70. The average molecular weight is 184 g/mol. The highest BCUT2D eigenvalue weighted by Gasteiger charge is 2.32. The van der Waals surface area contributed by atoms with E-state index < -0.39 is 5.97 Å². The first-order valence-electron chi connectivity index (χ1n) is 4.95. The minimum atomic E-state index is -0.655. The number of carboxylic acids is 1. The van der Waals surface area contributed by atoms with E-state index in [1.807, 2.05) is 0 Å². The van der Waals surface area contributed by atoms with Crippen molar-refractivity contribution in [2.45, 2.75) is 18.9 Å². The number of piperidine rings is 1. The van der Waals surface area contributed by atoms with Crippen LogP contribution in [0.15, 0.2) is 0 Å². The standard InChI is InChI=1S/C9H16N2O2/c12-9(13)7-4-8(6-10-5-7)11-2-1-3-11/h7-8,10H,1-6H2,(H,12,13)/t7-,8+/m1/s1. The van der Waals surface area contributed by atoms with Gasteiger partial charge in [-0.05, 0) is 25.9 Å². The third-order valence-corrected chi connectivity index (χ3v) is 3.08. The van der Waals surface area contributed by atoms with Crippen LogP contribution in [0.5, 0.6) is 0 Å². The first-order valence-corrected chi connectivity index (χ1v) is 4.95. The van der Waals surface area contributed by atoms with Gasteiger partial charge in [-0.3, -0.25) is 9.69 Å². The molecule has 2 heterocycles. The maximum Gasteiger partial charge on any atom is 0.307 e. The fourth-order valence-electron chi connectivity index (χ4n) is 2.09. The van der Waals surface area contributed by atoms with Gasteiger partial charge in [0.05, 0.1) is 5.92 Å². The Morgan fingerprint density at radius 1 is 1.38 bits per heavy atom. The van der Waals surface area contributed by atoms with Crippen LogP contribution in [0.1, 0.15) is 12.8 Å². The maximum atomic E-state index is 10.8. The van der Waals surface area contributed by atoms with Gasteiger partial charge in [-0.2, -0.15) is 0 Å². The molecule has 13 heavy (non-hydrogen) atoms. The molecule has 0 saturated carbocycles. The number of aliphatic carboxylic acids is 1. The Morgan fingerprint density at radius 2 is 2.15 bits per heavy atom. The first kappa shape index (κ1) is 8.97. The SMILES string of the molecule is O=C(O)[C@H]1CNC[C@@H](N2CCC2)C1. The Morgan fingerprint density at radius 3 is 2.69 bits per heavy atom. The monoisotopic (exact) mass is 184 g/mol. The molecule has 0 radical (unpaired) electrons. The molecular formula is C9H16N2O2. The molecular weight excluding hydrogens is 168 g/mol.